The van der Waals surface area contributed by atoms with E-state index in [2.05, 4.69) is 5.32 Å². The van der Waals surface area contributed by atoms with Gasteiger partial charge >= 0.3 is 5.97 Å². The van der Waals surface area contributed by atoms with Crippen LogP contribution in [0.3, 0.4) is 0 Å². The highest BCUT2D eigenvalue weighted by Gasteiger charge is 2.19. The van der Waals surface area contributed by atoms with Crippen molar-refractivity contribution >= 4 is 17.6 Å². The first kappa shape index (κ1) is 20.1. The SMILES string of the molecule is CCOc1ccc(NC(=O)[C@H](C)OC(=O)c2ccc(-c3ccccc3)cc2)cc1. The molecule has 3 rings (SSSR count). The number of carbonyl (C=O) groups is 2. The van der Waals surface area contributed by atoms with Crippen LogP contribution in [0.25, 0.3) is 11.1 Å². The van der Waals surface area contributed by atoms with Crippen LogP contribution >= 0.6 is 0 Å². The lowest BCUT2D eigenvalue weighted by molar-refractivity contribution is -0.123. The number of benzene rings is 3. The van der Waals surface area contributed by atoms with E-state index >= 15 is 0 Å². The summed E-state index contributed by atoms with van der Waals surface area (Å²) in [4.78, 5) is 24.7. The molecule has 3 aromatic rings. The average molecular weight is 389 g/mol. The molecular formula is C24H23NO4. The minimum absolute atomic E-state index is 0.394. The molecule has 0 aliphatic heterocycles. The Morgan fingerprint density at radius 1 is 0.862 bits per heavy atom. The first-order chi connectivity index (χ1) is 14.1. The molecule has 3 aromatic carbocycles. The number of hydrogen-bond donors (Lipinski definition) is 1. The zero-order valence-corrected chi connectivity index (χ0v) is 16.4. The molecule has 5 heteroatoms. The molecule has 5 nitrogen and oxygen atoms in total. The maximum Gasteiger partial charge on any atom is 0.338 e. The van der Waals surface area contributed by atoms with E-state index in [0.717, 1.165) is 16.9 Å². The Labute approximate surface area is 170 Å². The van der Waals surface area contributed by atoms with Gasteiger partial charge in [-0.2, -0.15) is 0 Å². The minimum atomic E-state index is -0.928. The van der Waals surface area contributed by atoms with Crippen LogP contribution in [0.15, 0.2) is 78.9 Å². The topological polar surface area (TPSA) is 64.6 Å². The second-order valence-corrected chi connectivity index (χ2v) is 6.44. The Morgan fingerprint density at radius 3 is 2.10 bits per heavy atom. The van der Waals surface area contributed by atoms with Crippen LogP contribution in [0.1, 0.15) is 24.2 Å². The third-order valence-electron chi connectivity index (χ3n) is 4.31. The van der Waals surface area contributed by atoms with Crippen molar-refractivity contribution < 1.29 is 19.1 Å². The number of rotatable bonds is 7. The van der Waals surface area contributed by atoms with Gasteiger partial charge in [-0.25, -0.2) is 4.79 Å². The maximum absolute atomic E-state index is 12.4. The third kappa shape index (κ3) is 5.45. The van der Waals surface area contributed by atoms with E-state index in [1.807, 2.05) is 49.4 Å². The van der Waals surface area contributed by atoms with Crippen LogP contribution < -0.4 is 10.1 Å². The normalized spacial score (nSPS) is 11.4. The second kappa shape index (κ2) is 9.55. The molecule has 0 aliphatic rings. The van der Waals surface area contributed by atoms with Gasteiger partial charge < -0.3 is 14.8 Å². The number of anilines is 1. The highest BCUT2D eigenvalue weighted by atomic mass is 16.5. The van der Waals surface area contributed by atoms with E-state index < -0.39 is 18.0 Å². The fourth-order valence-electron chi connectivity index (χ4n) is 2.76. The van der Waals surface area contributed by atoms with Gasteiger partial charge in [-0.15, -0.1) is 0 Å². The zero-order valence-electron chi connectivity index (χ0n) is 16.4. The van der Waals surface area contributed by atoms with E-state index in [9.17, 15) is 9.59 Å². The highest BCUT2D eigenvalue weighted by molar-refractivity contribution is 5.97. The molecule has 1 amide bonds. The lowest BCUT2D eigenvalue weighted by Crippen LogP contribution is -2.30. The van der Waals surface area contributed by atoms with Crippen LogP contribution in [0, 0.1) is 0 Å². The van der Waals surface area contributed by atoms with E-state index in [1.165, 1.54) is 0 Å². The van der Waals surface area contributed by atoms with Gasteiger partial charge in [0, 0.05) is 5.69 Å². The van der Waals surface area contributed by atoms with Gasteiger partial charge in [0.05, 0.1) is 12.2 Å². The number of ether oxygens (including phenoxy) is 2. The smallest absolute Gasteiger partial charge is 0.338 e. The lowest BCUT2D eigenvalue weighted by atomic mass is 10.0. The van der Waals surface area contributed by atoms with Crippen molar-refractivity contribution in [3.63, 3.8) is 0 Å². The van der Waals surface area contributed by atoms with E-state index in [0.29, 0.717) is 17.9 Å². The van der Waals surface area contributed by atoms with Gasteiger partial charge in [0.15, 0.2) is 6.10 Å². The Morgan fingerprint density at radius 2 is 1.48 bits per heavy atom. The predicted molar refractivity (Wildman–Crippen MR) is 113 cm³/mol. The number of amides is 1. The van der Waals surface area contributed by atoms with Crippen LogP contribution in [0.5, 0.6) is 5.75 Å². The largest absolute Gasteiger partial charge is 0.494 e. The molecule has 0 heterocycles. The van der Waals surface area contributed by atoms with Crippen molar-refractivity contribution in [2.45, 2.75) is 20.0 Å². The second-order valence-electron chi connectivity index (χ2n) is 6.44. The van der Waals surface area contributed by atoms with Crippen LogP contribution in [-0.4, -0.2) is 24.6 Å². The molecule has 0 radical (unpaired) electrons. The van der Waals surface area contributed by atoms with E-state index in [4.69, 9.17) is 9.47 Å². The molecule has 0 saturated carbocycles. The minimum Gasteiger partial charge on any atom is -0.494 e. The third-order valence-corrected chi connectivity index (χ3v) is 4.31. The number of hydrogen-bond acceptors (Lipinski definition) is 4. The molecule has 1 N–H and O–H groups in total. The summed E-state index contributed by atoms with van der Waals surface area (Å²) in [6.45, 7) is 4.02. The average Bonchev–Trinajstić information content (AvgIpc) is 2.76. The Kier molecular flexibility index (Phi) is 6.63. The Balaban J connectivity index is 1.57. The molecule has 0 unspecified atom stereocenters. The van der Waals surface area contributed by atoms with Crippen molar-refractivity contribution in [3.05, 3.63) is 84.4 Å². The molecule has 29 heavy (non-hydrogen) atoms. The summed E-state index contributed by atoms with van der Waals surface area (Å²) < 4.78 is 10.7. The summed E-state index contributed by atoms with van der Waals surface area (Å²) in [6.07, 6.45) is -0.928. The molecule has 0 aliphatic carbocycles. The monoisotopic (exact) mass is 389 g/mol. The Hall–Kier alpha value is -3.60. The van der Waals surface area contributed by atoms with Gasteiger partial charge in [0.25, 0.3) is 5.91 Å². The van der Waals surface area contributed by atoms with Crippen LogP contribution in [0.2, 0.25) is 0 Å². The zero-order chi connectivity index (χ0) is 20.6. The van der Waals surface area contributed by atoms with Crippen LogP contribution in [-0.2, 0) is 9.53 Å². The van der Waals surface area contributed by atoms with Crippen molar-refractivity contribution in [2.24, 2.45) is 0 Å². The van der Waals surface area contributed by atoms with Gasteiger partial charge in [-0.3, -0.25) is 4.79 Å². The Bertz CT molecular complexity index is 950. The predicted octanol–water partition coefficient (Wildman–Crippen LogP) is 4.94. The molecule has 0 bridgehead atoms. The number of nitrogens with one attached hydrogen (secondary N) is 1. The molecule has 0 spiro atoms. The maximum atomic E-state index is 12.4. The molecule has 0 saturated heterocycles. The summed E-state index contributed by atoms with van der Waals surface area (Å²) in [6, 6.07) is 24.0. The van der Waals surface area contributed by atoms with E-state index in [-0.39, 0.29) is 0 Å². The molecule has 0 fully saturated rings. The molecule has 0 aromatic heterocycles. The molecular weight excluding hydrogens is 366 g/mol. The fourth-order valence-corrected chi connectivity index (χ4v) is 2.76. The number of carbonyl (C=O) groups excluding carboxylic acids is 2. The van der Waals surface area contributed by atoms with Crippen molar-refractivity contribution in [1.82, 2.24) is 0 Å². The molecule has 1 atom stereocenters. The molecule has 148 valence electrons. The quantitative estimate of drug-likeness (QED) is 0.582. The van der Waals surface area contributed by atoms with Crippen LogP contribution in [0.4, 0.5) is 5.69 Å². The summed E-state index contributed by atoms with van der Waals surface area (Å²) >= 11 is 0. The summed E-state index contributed by atoms with van der Waals surface area (Å²) in [5.41, 5.74) is 3.07. The van der Waals surface area contributed by atoms with Gasteiger partial charge in [-0.05, 0) is 61.4 Å². The summed E-state index contributed by atoms with van der Waals surface area (Å²) in [5, 5.41) is 2.73. The van der Waals surface area contributed by atoms with Crippen molar-refractivity contribution in [2.75, 3.05) is 11.9 Å². The summed E-state index contributed by atoms with van der Waals surface area (Å²) in [5.74, 6) is -0.216. The van der Waals surface area contributed by atoms with Crippen molar-refractivity contribution in [3.8, 4) is 16.9 Å². The van der Waals surface area contributed by atoms with Gasteiger partial charge in [-0.1, -0.05) is 42.5 Å². The van der Waals surface area contributed by atoms with Gasteiger partial charge in [0.1, 0.15) is 5.75 Å². The highest BCUT2D eigenvalue weighted by Crippen LogP contribution is 2.20. The van der Waals surface area contributed by atoms with Crippen molar-refractivity contribution in [1.29, 1.82) is 0 Å². The lowest BCUT2D eigenvalue weighted by Gasteiger charge is -2.14. The van der Waals surface area contributed by atoms with E-state index in [1.54, 1.807) is 43.3 Å². The fraction of sp³-hybridized carbons (Fsp3) is 0.167. The number of esters is 1. The first-order valence-electron chi connectivity index (χ1n) is 9.47. The first-order valence-corrected chi connectivity index (χ1v) is 9.47. The van der Waals surface area contributed by atoms with Gasteiger partial charge in [0.2, 0.25) is 0 Å². The standard InChI is InChI=1S/C24H23NO4/c1-3-28-22-15-13-21(14-16-22)25-23(26)17(2)29-24(27)20-11-9-19(10-12-20)18-7-5-4-6-8-18/h4-17H,3H2,1-2H3,(H,25,26)/t17-/m0/s1. The summed E-state index contributed by atoms with van der Waals surface area (Å²) in [7, 11) is 0.